The van der Waals surface area contributed by atoms with Crippen molar-refractivity contribution in [3.63, 3.8) is 0 Å². The van der Waals surface area contributed by atoms with Gasteiger partial charge in [-0.15, -0.1) is 13.2 Å². The third-order valence-electron chi connectivity index (χ3n) is 3.46. The first-order chi connectivity index (χ1) is 11.2. The normalized spacial score (nSPS) is 11.9. The molecular formula is C14H11F3N4O3. The Morgan fingerprint density at radius 3 is 2.29 bits per heavy atom. The molecule has 2 aromatic heterocycles. The van der Waals surface area contributed by atoms with Crippen molar-refractivity contribution in [2.75, 3.05) is 0 Å². The number of hydrogen-bond donors (Lipinski definition) is 1. The maximum Gasteiger partial charge on any atom is 0.573 e. The van der Waals surface area contributed by atoms with E-state index in [1.54, 1.807) is 0 Å². The van der Waals surface area contributed by atoms with E-state index in [0.717, 1.165) is 16.7 Å². The molecule has 1 aromatic carbocycles. The molecule has 7 nitrogen and oxygen atoms in total. The first kappa shape index (κ1) is 15.8. The summed E-state index contributed by atoms with van der Waals surface area (Å²) in [5.74, 6) is -0.118. The molecular weight excluding hydrogens is 329 g/mol. The number of fused-ring (bicyclic) bond motifs is 1. The monoisotopic (exact) mass is 340 g/mol. The second-order valence-corrected chi connectivity index (χ2v) is 5.06. The van der Waals surface area contributed by atoms with Crippen LogP contribution in [0.5, 0.6) is 5.75 Å². The second-order valence-electron chi connectivity index (χ2n) is 5.06. The van der Waals surface area contributed by atoms with Crippen molar-refractivity contribution in [1.29, 1.82) is 0 Å². The Labute approximate surface area is 131 Å². The third kappa shape index (κ3) is 2.66. The largest absolute Gasteiger partial charge is 0.573 e. The van der Waals surface area contributed by atoms with Gasteiger partial charge in [0, 0.05) is 19.7 Å². The Morgan fingerprint density at radius 1 is 1.08 bits per heavy atom. The number of H-pyrrole nitrogens is 1. The summed E-state index contributed by atoms with van der Waals surface area (Å²) in [4.78, 5) is 30.9. The number of rotatable bonds is 2. The summed E-state index contributed by atoms with van der Waals surface area (Å²) in [7, 11) is 2.81. The average molecular weight is 340 g/mol. The highest BCUT2D eigenvalue weighted by atomic mass is 19.4. The van der Waals surface area contributed by atoms with Gasteiger partial charge in [0.1, 0.15) is 17.1 Å². The Kier molecular flexibility index (Phi) is 3.47. The molecule has 126 valence electrons. The van der Waals surface area contributed by atoms with Crippen LogP contribution in [0.4, 0.5) is 13.2 Å². The van der Waals surface area contributed by atoms with Gasteiger partial charge < -0.3 is 9.72 Å². The quantitative estimate of drug-likeness (QED) is 0.767. The molecule has 0 amide bonds. The van der Waals surface area contributed by atoms with Gasteiger partial charge in [0.15, 0.2) is 5.65 Å². The lowest BCUT2D eigenvalue weighted by atomic mass is 10.2. The van der Waals surface area contributed by atoms with E-state index in [4.69, 9.17) is 0 Å². The molecule has 10 heteroatoms. The number of benzene rings is 1. The molecule has 1 N–H and O–H groups in total. The van der Waals surface area contributed by atoms with Gasteiger partial charge in [-0.1, -0.05) is 0 Å². The van der Waals surface area contributed by atoms with Crippen molar-refractivity contribution in [3.8, 4) is 17.1 Å². The maximum atomic E-state index is 12.2. The van der Waals surface area contributed by atoms with E-state index in [0.29, 0.717) is 5.56 Å². The molecule has 0 saturated carbocycles. The number of aryl methyl sites for hydroxylation is 1. The molecule has 0 unspecified atom stereocenters. The molecule has 0 aliphatic heterocycles. The first-order valence-corrected chi connectivity index (χ1v) is 6.69. The summed E-state index contributed by atoms with van der Waals surface area (Å²) in [6, 6.07) is 4.99. The molecule has 0 atom stereocenters. The van der Waals surface area contributed by atoms with E-state index in [1.165, 1.54) is 30.8 Å². The van der Waals surface area contributed by atoms with Crippen molar-refractivity contribution in [2.45, 2.75) is 6.36 Å². The number of alkyl halides is 3. The van der Waals surface area contributed by atoms with E-state index in [1.807, 2.05) is 0 Å². The summed E-state index contributed by atoms with van der Waals surface area (Å²) >= 11 is 0. The van der Waals surface area contributed by atoms with Gasteiger partial charge in [0.25, 0.3) is 5.56 Å². The minimum atomic E-state index is -4.77. The van der Waals surface area contributed by atoms with Gasteiger partial charge in [-0.3, -0.25) is 13.9 Å². The number of nitrogens with one attached hydrogen (secondary N) is 1. The molecule has 0 spiro atoms. The molecule has 3 rings (SSSR count). The van der Waals surface area contributed by atoms with E-state index >= 15 is 0 Å². The zero-order chi connectivity index (χ0) is 17.6. The molecule has 3 aromatic rings. The Hall–Kier alpha value is -3.04. The molecule has 0 bridgehead atoms. The predicted molar refractivity (Wildman–Crippen MR) is 78.7 cm³/mol. The minimum absolute atomic E-state index is 0.130. The van der Waals surface area contributed by atoms with Crippen LogP contribution >= 0.6 is 0 Å². The summed E-state index contributed by atoms with van der Waals surface area (Å²) in [5, 5.41) is 0. The Bertz CT molecular complexity index is 1030. The van der Waals surface area contributed by atoms with Crippen LogP contribution in [0, 0.1) is 0 Å². The fourth-order valence-electron chi connectivity index (χ4n) is 2.28. The summed E-state index contributed by atoms with van der Waals surface area (Å²) in [6.07, 6.45) is -4.77. The Balaban J connectivity index is 2.08. The molecule has 0 aliphatic carbocycles. The molecule has 0 aliphatic rings. The van der Waals surface area contributed by atoms with Crippen LogP contribution < -0.4 is 16.0 Å². The van der Waals surface area contributed by atoms with E-state index < -0.39 is 17.6 Å². The molecule has 0 saturated heterocycles. The maximum absolute atomic E-state index is 12.2. The highest BCUT2D eigenvalue weighted by molar-refractivity contribution is 5.75. The van der Waals surface area contributed by atoms with Gasteiger partial charge >= 0.3 is 12.1 Å². The van der Waals surface area contributed by atoms with E-state index in [-0.39, 0.29) is 22.7 Å². The van der Waals surface area contributed by atoms with Crippen molar-refractivity contribution < 1.29 is 17.9 Å². The number of aromatic nitrogens is 4. The third-order valence-corrected chi connectivity index (χ3v) is 3.46. The van der Waals surface area contributed by atoms with E-state index in [9.17, 15) is 22.8 Å². The summed E-state index contributed by atoms with van der Waals surface area (Å²) < 4.78 is 42.4. The Morgan fingerprint density at radius 2 is 1.71 bits per heavy atom. The minimum Gasteiger partial charge on any atom is -0.406 e. The lowest BCUT2D eigenvalue weighted by molar-refractivity contribution is -0.274. The number of hydrogen-bond acceptors (Lipinski definition) is 4. The van der Waals surface area contributed by atoms with Gasteiger partial charge in [0.2, 0.25) is 0 Å². The molecule has 24 heavy (non-hydrogen) atoms. The SMILES string of the molecule is Cn1c(=O)c2[nH]c(-c3ccc(OC(F)(F)F)cc3)nc2n(C)c1=O. The number of nitrogens with zero attached hydrogens (tertiary/aromatic N) is 3. The first-order valence-electron chi connectivity index (χ1n) is 6.69. The predicted octanol–water partition coefficient (Wildman–Crippen LogP) is 1.53. The zero-order valence-electron chi connectivity index (χ0n) is 12.5. The van der Waals surface area contributed by atoms with Crippen molar-refractivity contribution in [1.82, 2.24) is 19.1 Å². The fraction of sp³-hybridized carbons (Fsp3) is 0.214. The molecule has 0 radical (unpaired) electrons. The average Bonchev–Trinajstić information content (AvgIpc) is 2.95. The van der Waals surface area contributed by atoms with Crippen LogP contribution in [-0.2, 0) is 14.1 Å². The van der Waals surface area contributed by atoms with Gasteiger partial charge in [-0.2, -0.15) is 0 Å². The fourth-order valence-corrected chi connectivity index (χ4v) is 2.28. The van der Waals surface area contributed by atoms with Crippen molar-refractivity contribution >= 4 is 11.2 Å². The zero-order valence-corrected chi connectivity index (χ0v) is 12.5. The molecule has 0 fully saturated rings. The highest BCUT2D eigenvalue weighted by Crippen LogP contribution is 2.25. The lowest BCUT2D eigenvalue weighted by Gasteiger charge is -2.08. The van der Waals surface area contributed by atoms with Gasteiger partial charge in [-0.25, -0.2) is 9.78 Å². The standard InChI is InChI=1S/C14H11F3N4O3/c1-20-11-9(12(22)21(2)13(20)23)18-10(19-11)7-3-5-8(6-4-7)24-14(15,16)17/h3-6H,1-2H3,(H,18,19). The number of imidazole rings is 1. The topological polar surface area (TPSA) is 81.9 Å². The van der Waals surface area contributed by atoms with Gasteiger partial charge in [0.05, 0.1) is 0 Å². The van der Waals surface area contributed by atoms with Crippen LogP contribution in [0.25, 0.3) is 22.6 Å². The lowest BCUT2D eigenvalue weighted by Crippen LogP contribution is -2.36. The van der Waals surface area contributed by atoms with Crippen LogP contribution in [0.3, 0.4) is 0 Å². The number of ether oxygens (including phenoxy) is 1. The summed E-state index contributed by atoms with van der Waals surface area (Å²) in [5.41, 5.74) is -0.336. The van der Waals surface area contributed by atoms with Crippen LogP contribution in [-0.4, -0.2) is 25.5 Å². The molecule has 2 heterocycles. The second kappa shape index (κ2) is 5.25. The number of halogens is 3. The van der Waals surface area contributed by atoms with E-state index in [2.05, 4.69) is 14.7 Å². The summed E-state index contributed by atoms with van der Waals surface area (Å²) in [6.45, 7) is 0. The van der Waals surface area contributed by atoms with Crippen molar-refractivity contribution in [2.24, 2.45) is 14.1 Å². The van der Waals surface area contributed by atoms with Crippen LogP contribution in [0.1, 0.15) is 0 Å². The van der Waals surface area contributed by atoms with Crippen LogP contribution in [0.2, 0.25) is 0 Å². The highest BCUT2D eigenvalue weighted by Gasteiger charge is 2.31. The smallest absolute Gasteiger partial charge is 0.406 e. The van der Waals surface area contributed by atoms with Crippen LogP contribution in [0.15, 0.2) is 33.9 Å². The van der Waals surface area contributed by atoms with Gasteiger partial charge in [-0.05, 0) is 24.3 Å². The number of aromatic amines is 1. The van der Waals surface area contributed by atoms with Crippen molar-refractivity contribution in [3.05, 3.63) is 45.1 Å².